The molecule has 0 aliphatic heterocycles. The van der Waals surface area contributed by atoms with Crippen LogP contribution >= 0.6 is 0 Å². The summed E-state index contributed by atoms with van der Waals surface area (Å²) in [6, 6.07) is 0. The first-order valence-electron chi connectivity index (χ1n) is 14.5. The van der Waals surface area contributed by atoms with Crippen LogP contribution in [-0.4, -0.2) is 53.5 Å². The molecule has 0 saturated heterocycles. The van der Waals surface area contributed by atoms with Crippen LogP contribution in [0.1, 0.15) is 86.5 Å². The van der Waals surface area contributed by atoms with Gasteiger partial charge in [-0.2, -0.15) is 0 Å². The van der Waals surface area contributed by atoms with E-state index < -0.39 is 76.3 Å². The fraction of sp³-hybridized carbons (Fsp3) is 0.710. The first-order chi connectivity index (χ1) is 18.7. The average Bonchev–Trinajstić information content (AvgIpc) is 3.14. The Kier molecular flexibility index (Phi) is 7.93. The molecule has 3 fully saturated rings. The maximum Gasteiger partial charge on any atom is 0.306 e. The molecule has 8 nitrogen and oxygen atoms in total. The fourth-order valence-electron chi connectivity index (χ4n) is 8.34. The number of carbonyl (C=O) groups excluding carboxylic acids is 5. The molecule has 0 amide bonds. The zero-order chi connectivity index (χ0) is 29.7. The highest BCUT2D eigenvalue weighted by Gasteiger charge is 2.78. The van der Waals surface area contributed by atoms with Crippen LogP contribution in [0.15, 0.2) is 23.8 Å². The van der Waals surface area contributed by atoms with Gasteiger partial charge in [-0.1, -0.05) is 46.3 Å². The Morgan fingerprint density at radius 1 is 1.00 bits per heavy atom. The molecule has 0 bridgehead atoms. The highest BCUT2D eigenvalue weighted by molar-refractivity contribution is 6.01. The minimum Gasteiger partial charge on any atom is -0.459 e. The molecule has 4 aliphatic rings. The SMILES string of the molecule is CCC(=O)OCC(=O)[C@@]1(OC(=O)CC)[C@H](C)C[C@@H]2[C@@H]3CCC4=CC(=O)C=C[C@]4(C)[C@@]3(F)[C@@H](OC(=O)CC)C[C@@]21C. The Hall–Kier alpha value is -2.84. The van der Waals surface area contributed by atoms with Crippen LogP contribution in [0, 0.1) is 28.6 Å². The van der Waals surface area contributed by atoms with Gasteiger partial charge in [-0.3, -0.25) is 24.0 Å². The summed E-state index contributed by atoms with van der Waals surface area (Å²) in [5.41, 5.74) is -5.41. The van der Waals surface area contributed by atoms with Gasteiger partial charge >= 0.3 is 17.9 Å². The predicted octanol–water partition coefficient (Wildman–Crippen LogP) is 4.78. The number of alkyl halides is 1. The van der Waals surface area contributed by atoms with Crippen molar-refractivity contribution in [1.29, 1.82) is 0 Å². The standard InChI is InChI=1S/C31H41FO8/c1-7-25(35)38-17-23(34)31(40-27(37)9-3)18(4)14-22-21-11-10-19-15-20(33)12-13-28(19,5)30(21,32)24(16-29(22,31)6)39-26(36)8-2/h12-13,15,18,21-22,24H,7-11,14,16-17H2,1-6H3/t18-,21+,22-,24+,28+,29+,30+,31+/m1/s1. The summed E-state index contributed by atoms with van der Waals surface area (Å²) in [5, 5.41) is 0. The number of hydrogen-bond acceptors (Lipinski definition) is 8. The van der Waals surface area contributed by atoms with E-state index in [1.807, 2.05) is 13.8 Å². The molecule has 8 atom stereocenters. The molecule has 4 rings (SSSR count). The van der Waals surface area contributed by atoms with Crippen molar-refractivity contribution in [3.8, 4) is 0 Å². The lowest BCUT2D eigenvalue weighted by molar-refractivity contribution is -0.236. The summed E-state index contributed by atoms with van der Waals surface area (Å²) in [6.07, 6.45) is 4.49. The maximum atomic E-state index is 18.1. The molecule has 0 heterocycles. The third-order valence-electron chi connectivity index (χ3n) is 10.3. The number of halogens is 1. The third-order valence-corrected chi connectivity index (χ3v) is 10.3. The van der Waals surface area contributed by atoms with Gasteiger partial charge in [-0.25, -0.2) is 4.39 Å². The van der Waals surface area contributed by atoms with E-state index in [2.05, 4.69) is 0 Å². The van der Waals surface area contributed by atoms with Crippen molar-refractivity contribution < 1.29 is 42.6 Å². The van der Waals surface area contributed by atoms with Crippen LogP contribution in [-0.2, 0) is 38.2 Å². The molecule has 220 valence electrons. The first kappa shape index (κ1) is 30.1. The molecule has 0 spiro atoms. The number of esters is 3. The molecule has 3 saturated carbocycles. The molecule has 0 aromatic carbocycles. The van der Waals surface area contributed by atoms with E-state index in [0.29, 0.717) is 24.8 Å². The van der Waals surface area contributed by atoms with Crippen LogP contribution in [0.4, 0.5) is 4.39 Å². The van der Waals surface area contributed by atoms with E-state index >= 15 is 4.39 Å². The van der Waals surface area contributed by atoms with Crippen LogP contribution in [0.25, 0.3) is 0 Å². The summed E-state index contributed by atoms with van der Waals surface area (Å²) >= 11 is 0. The topological polar surface area (TPSA) is 113 Å². The number of allylic oxidation sites excluding steroid dienone is 4. The minimum absolute atomic E-state index is 0.0209. The third kappa shape index (κ3) is 4.17. The van der Waals surface area contributed by atoms with Gasteiger partial charge in [0.05, 0.1) is 0 Å². The van der Waals surface area contributed by atoms with E-state index in [9.17, 15) is 24.0 Å². The Morgan fingerprint density at radius 3 is 2.27 bits per heavy atom. The van der Waals surface area contributed by atoms with E-state index in [0.717, 1.165) is 0 Å². The van der Waals surface area contributed by atoms with Crippen molar-refractivity contribution in [1.82, 2.24) is 0 Å². The van der Waals surface area contributed by atoms with Gasteiger partial charge < -0.3 is 14.2 Å². The number of hydrogen-bond donors (Lipinski definition) is 0. The van der Waals surface area contributed by atoms with E-state index in [1.54, 1.807) is 33.8 Å². The van der Waals surface area contributed by atoms with Crippen LogP contribution in [0.3, 0.4) is 0 Å². The zero-order valence-electron chi connectivity index (χ0n) is 24.3. The lowest BCUT2D eigenvalue weighted by Crippen LogP contribution is -2.70. The van der Waals surface area contributed by atoms with Gasteiger partial charge in [0, 0.05) is 41.9 Å². The molecule has 0 N–H and O–H groups in total. The number of carbonyl (C=O) groups is 5. The fourth-order valence-corrected chi connectivity index (χ4v) is 8.34. The van der Waals surface area contributed by atoms with Crippen LogP contribution in [0.2, 0.25) is 0 Å². The molecule has 0 aromatic rings. The highest BCUT2D eigenvalue weighted by Crippen LogP contribution is 2.72. The summed E-state index contributed by atoms with van der Waals surface area (Å²) < 4.78 is 35.3. The van der Waals surface area contributed by atoms with Crippen molar-refractivity contribution in [3.63, 3.8) is 0 Å². The van der Waals surface area contributed by atoms with E-state index in [-0.39, 0.29) is 31.5 Å². The first-order valence-corrected chi connectivity index (χ1v) is 14.5. The number of fused-ring (bicyclic) bond motifs is 5. The number of ether oxygens (including phenoxy) is 3. The quantitative estimate of drug-likeness (QED) is 0.308. The molecule has 9 heteroatoms. The van der Waals surface area contributed by atoms with Gasteiger partial charge in [0.15, 0.2) is 23.7 Å². The van der Waals surface area contributed by atoms with Gasteiger partial charge in [-0.15, -0.1) is 0 Å². The number of Topliss-reactive ketones (excluding diaryl/α,β-unsaturated/α-hetero) is 1. The average molecular weight is 561 g/mol. The van der Waals surface area contributed by atoms with Gasteiger partial charge in [0.1, 0.15) is 6.10 Å². The summed E-state index contributed by atoms with van der Waals surface area (Å²) in [7, 11) is 0. The minimum atomic E-state index is -2.06. The van der Waals surface area contributed by atoms with Crippen molar-refractivity contribution >= 4 is 29.5 Å². The van der Waals surface area contributed by atoms with Crippen LogP contribution in [0.5, 0.6) is 0 Å². The van der Waals surface area contributed by atoms with E-state index in [4.69, 9.17) is 14.2 Å². The number of rotatable bonds is 8. The summed E-state index contributed by atoms with van der Waals surface area (Å²) in [4.78, 5) is 63.8. The normalized spacial score (nSPS) is 39.8. The lowest BCUT2D eigenvalue weighted by Gasteiger charge is -2.63. The van der Waals surface area contributed by atoms with Gasteiger partial charge in [0.25, 0.3) is 0 Å². The Balaban J connectivity index is 1.88. The van der Waals surface area contributed by atoms with Crippen LogP contribution < -0.4 is 0 Å². The molecule has 4 aliphatic carbocycles. The molecule has 40 heavy (non-hydrogen) atoms. The van der Waals surface area contributed by atoms with Crippen molar-refractivity contribution in [2.75, 3.05) is 6.61 Å². The highest BCUT2D eigenvalue weighted by atomic mass is 19.1. The molecular formula is C31H41FO8. The smallest absolute Gasteiger partial charge is 0.306 e. The monoisotopic (exact) mass is 560 g/mol. The van der Waals surface area contributed by atoms with Crippen molar-refractivity contribution in [2.24, 2.45) is 28.6 Å². The van der Waals surface area contributed by atoms with Gasteiger partial charge in [0.2, 0.25) is 5.78 Å². The largest absolute Gasteiger partial charge is 0.459 e. The number of ketones is 2. The van der Waals surface area contributed by atoms with E-state index in [1.165, 1.54) is 12.2 Å². The second-order valence-electron chi connectivity index (χ2n) is 12.2. The predicted molar refractivity (Wildman–Crippen MR) is 142 cm³/mol. The molecule has 0 radical (unpaired) electrons. The van der Waals surface area contributed by atoms with Crippen molar-refractivity contribution in [2.45, 2.75) is 104 Å². The molecule has 0 unspecified atom stereocenters. The maximum absolute atomic E-state index is 18.1. The Morgan fingerprint density at radius 2 is 1.65 bits per heavy atom. The second kappa shape index (κ2) is 10.5. The summed E-state index contributed by atoms with van der Waals surface area (Å²) in [6.45, 7) is 9.68. The second-order valence-corrected chi connectivity index (χ2v) is 12.2. The lowest BCUT2D eigenvalue weighted by atomic mass is 9.44. The zero-order valence-corrected chi connectivity index (χ0v) is 24.3. The summed E-state index contributed by atoms with van der Waals surface area (Å²) in [5.74, 6) is -4.06. The Labute approximate surface area is 235 Å². The van der Waals surface area contributed by atoms with Gasteiger partial charge in [-0.05, 0) is 50.7 Å². The Bertz CT molecular complexity index is 1170. The molecular weight excluding hydrogens is 519 g/mol. The molecule has 0 aromatic heterocycles. The van der Waals surface area contributed by atoms with Crippen molar-refractivity contribution in [3.05, 3.63) is 23.8 Å².